The number of aromatic nitrogens is 2. The van der Waals surface area contributed by atoms with Gasteiger partial charge in [-0.1, -0.05) is 0 Å². The molecule has 0 unspecified atom stereocenters. The maximum Gasteiger partial charge on any atom is 0.339 e. The molecular formula is C8H9F2N3O2. The number of rotatable bonds is 4. The van der Waals surface area contributed by atoms with Crippen molar-refractivity contribution < 1.29 is 18.7 Å². The summed E-state index contributed by atoms with van der Waals surface area (Å²) in [6.45, 7) is -0.584. The molecule has 0 aliphatic rings. The largest absolute Gasteiger partial charge is 0.478 e. The second-order valence-electron chi connectivity index (χ2n) is 2.85. The normalized spacial score (nSPS) is 10.4. The lowest BCUT2D eigenvalue weighted by atomic mass is 10.2. The SMILES string of the molecule is CN(CC(F)F)c1nnccc1C(=O)O. The van der Waals surface area contributed by atoms with Crippen LogP contribution in [0.5, 0.6) is 0 Å². The highest BCUT2D eigenvalue weighted by Crippen LogP contribution is 2.15. The fourth-order valence-corrected chi connectivity index (χ4v) is 1.07. The zero-order chi connectivity index (χ0) is 11.4. The van der Waals surface area contributed by atoms with Crippen LogP contribution >= 0.6 is 0 Å². The molecule has 15 heavy (non-hydrogen) atoms. The van der Waals surface area contributed by atoms with Crippen LogP contribution < -0.4 is 4.90 Å². The van der Waals surface area contributed by atoms with Gasteiger partial charge in [0.2, 0.25) is 0 Å². The first-order chi connectivity index (χ1) is 7.02. The summed E-state index contributed by atoms with van der Waals surface area (Å²) in [7, 11) is 1.34. The number of alkyl halides is 2. The standard InChI is InChI=1S/C8H9F2N3O2/c1-13(4-6(9)10)7-5(8(14)15)2-3-11-12-7/h2-3,6H,4H2,1H3,(H,14,15). The maximum absolute atomic E-state index is 12.1. The van der Waals surface area contributed by atoms with Crippen molar-refractivity contribution in [3.8, 4) is 0 Å². The monoisotopic (exact) mass is 217 g/mol. The number of anilines is 1. The van der Waals surface area contributed by atoms with Crippen LogP contribution in [0.15, 0.2) is 12.3 Å². The number of carboxylic acids is 1. The van der Waals surface area contributed by atoms with Gasteiger partial charge in [0.1, 0.15) is 5.56 Å². The summed E-state index contributed by atoms with van der Waals surface area (Å²) in [5, 5.41) is 15.7. The first kappa shape index (κ1) is 11.3. The Balaban J connectivity index is 2.97. The molecule has 5 nitrogen and oxygen atoms in total. The lowest BCUT2D eigenvalue weighted by molar-refractivity contribution is 0.0696. The minimum atomic E-state index is -2.56. The van der Waals surface area contributed by atoms with Crippen molar-refractivity contribution in [2.75, 3.05) is 18.5 Å². The lowest BCUT2D eigenvalue weighted by Gasteiger charge is -2.17. The molecule has 0 radical (unpaired) electrons. The number of carboxylic acid groups (broad SMARTS) is 1. The Morgan fingerprint density at radius 3 is 2.87 bits per heavy atom. The molecule has 82 valence electrons. The predicted molar refractivity (Wildman–Crippen MR) is 48.3 cm³/mol. The molecular weight excluding hydrogens is 208 g/mol. The molecule has 0 spiro atoms. The van der Waals surface area contributed by atoms with Crippen LogP contribution in [0, 0.1) is 0 Å². The van der Waals surface area contributed by atoms with Crippen molar-refractivity contribution in [2.24, 2.45) is 0 Å². The number of nitrogens with zero attached hydrogens (tertiary/aromatic N) is 3. The average molecular weight is 217 g/mol. The molecule has 1 rings (SSSR count). The number of hydrogen-bond donors (Lipinski definition) is 1. The van der Waals surface area contributed by atoms with Gasteiger partial charge in [0.15, 0.2) is 5.82 Å². The molecule has 0 bridgehead atoms. The van der Waals surface area contributed by atoms with Gasteiger partial charge in [-0.05, 0) is 6.07 Å². The Hall–Kier alpha value is -1.79. The fraction of sp³-hybridized carbons (Fsp3) is 0.375. The first-order valence-corrected chi connectivity index (χ1v) is 4.06. The summed E-state index contributed by atoms with van der Waals surface area (Å²) in [6.07, 6.45) is -1.36. The van der Waals surface area contributed by atoms with Gasteiger partial charge in [-0.2, -0.15) is 5.10 Å². The number of hydrogen-bond acceptors (Lipinski definition) is 4. The molecule has 0 aromatic carbocycles. The van der Waals surface area contributed by atoms with Gasteiger partial charge in [0.25, 0.3) is 6.43 Å². The molecule has 0 aliphatic carbocycles. The van der Waals surface area contributed by atoms with E-state index in [2.05, 4.69) is 10.2 Å². The molecule has 0 saturated carbocycles. The second-order valence-corrected chi connectivity index (χ2v) is 2.85. The molecule has 0 amide bonds. The van der Waals surface area contributed by atoms with E-state index in [1.54, 1.807) is 0 Å². The second kappa shape index (κ2) is 4.63. The lowest BCUT2D eigenvalue weighted by Crippen LogP contribution is -2.27. The van der Waals surface area contributed by atoms with E-state index >= 15 is 0 Å². The molecule has 1 aromatic heterocycles. The van der Waals surface area contributed by atoms with Crippen LogP contribution in [0.25, 0.3) is 0 Å². The number of aromatic carboxylic acids is 1. The summed E-state index contributed by atoms with van der Waals surface area (Å²) in [5.74, 6) is -1.29. The predicted octanol–water partition coefficient (Wildman–Crippen LogP) is 0.876. The third-order valence-corrected chi connectivity index (χ3v) is 1.71. The van der Waals surface area contributed by atoms with Gasteiger partial charge in [0.05, 0.1) is 12.7 Å². The summed E-state index contributed by atoms with van der Waals surface area (Å²) in [6, 6.07) is 1.21. The van der Waals surface area contributed by atoms with E-state index in [0.29, 0.717) is 0 Å². The van der Waals surface area contributed by atoms with Crippen LogP contribution in [0.4, 0.5) is 14.6 Å². The van der Waals surface area contributed by atoms with Crippen molar-refractivity contribution >= 4 is 11.8 Å². The molecule has 0 aliphatic heterocycles. The van der Waals surface area contributed by atoms with Crippen molar-refractivity contribution in [3.05, 3.63) is 17.8 Å². The minimum absolute atomic E-state index is 0.0645. The molecule has 0 saturated heterocycles. The Morgan fingerprint density at radius 1 is 1.67 bits per heavy atom. The van der Waals surface area contributed by atoms with Gasteiger partial charge in [-0.3, -0.25) is 0 Å². The molecule has 1 N–H and O–H groups in total. The zero-order valence-corrected chi connectivity index (χ0v) is 7.89. The van der Waals surface area contributed by atoms with E-state index in [1.807, 2.05) is 0 Å². The van der Waals surface area contributed by atoms with Crippen LogP contribution in [-0.2, 0) is 0 Å². The molecule has 0 fully saturated rings. The molecule has 1 aromatic rings. The van der Waals surface area contributed by atoms with Crippen molar-refractivity contribution in [3.63, 3.8) is 0 Å². The molecule has 1 heterocycles. The van der Waals surface area contributed by atoms with Crippen LogP contribution in [0.1, 0.15) is 10.4 Å². The van der Waals surface area contributed by atoms with Crippen LogP contribution in [-0.4, -0.2) is 41.3 Å². The van der Waals surface area contributed by atoms with Crippen LogP contribution in [0.3, 0.4) is 0 Å². The summed E-state index contributed by atoms with van der Waals surface area (Å²) >= 11 is 0. The third-order valence-electron chi connectivity index (χ3n) is 1.71. The molecule has 7 heteroatoms. The van der Waals surface area contributed by atoms with Gasteiger partial charge in [-0.15, -0.1) is 5.10 Å². The Bertz CT molecular complexity index is 359. The Kier molecular flexibility index (Phi) is 3.48. The summed E-state index contributed by atoms with van der Waals surface area (Å²) in [5.41, 5.74) is -0.145. The van der Waals surface area contributed by atoms with Crippen LogP contribution in [0.2, 0.25) is 0 Å². The first-order valence-electron chi connectivity index (χ1n) is 4.06. The number of halogens is 2. The van der Waals surface area contributed by atoms with Gasteiger partial charge >= 0.3 is 5.97 Å². The van der Waals surface area contributed by atoms with Crippen molar-refractivity contribution in [1.82, 2.24) is 10.2 Å². The van der Waals surface area contributed by atoms with Crippen molar-refractivity contribution in [2.45, 2.75) is 6.43 Å². The van der Waals surface area contributed by atoms with Gasteiger partial charge in [-0.25, -0.2) is 13.6 Å². The number of carbonyl (C=O) groups is 1. The molecule has 0 atom stereocenters. The quantitative estimate of drug-likeness (QED) is 0.810. The minimum Gasteiger partial charge on any atom is -0.478 e. The zero-order valence-electron chi connectivity index (χ0n) is 7.89. The third kappa shape index (κ3) is 2.83. The highest BCUT2D eigenvalue weighted by atomic mass is 19.3. The topological polar surface area (TPSA) is 66.3 Å². The van der Waals surface area contributed by atoms with E-state index in [-0.39, 0.29) is 11.4 Å². The van der Waals surface area contributed by atoms with E-state index in [1.165, 1.54) is 19.3 Å². The van der Waals surface area contributed by atoms with E-state index in [9.17, 15) is 13.6 Å². The average Bonchev–Trinajstić information content (AvgIpc) is 2.16. The highest BCUT2D eigenvalue weighted by Gasteiger charge is 2.17. The van der Waals surface area contributed by atoms with E-state index in [0.717, 1.165) is 4.90 Å². The van der Waals surface area contributed by atoms with Crippen molar-refractivity contribution in [1.29, 1.82) is 0 Å². The summed E-state index contributed by atoms with van der Waals surface area (Å²) in [4.78, 5) is 11.8. The Labute approximate surface area is 84.3 Å². The van der Waals surface area contributed by atoms with E-state index in [4.69, 9.17) is 5.11 Å². The smallest absolute Gasteiger partial charge is 0.339 e. The van der Waals surface area contributed by atoms with Gasteiger partial charge < -0.3 is 10.0 Å². The summed E-state index contributed by atoms with van der Waals surface area (Å²) < 4.78 is 24.1. The Morgan fingerprint density at radius 2 is 2.33 bits per heavy atom. The maximum atomic E-state index is 12.1. The fourth-order valence-electron chi connectivity index (χ4n) is 1.07. The van der Waals surface area contributed by atoms with Gasteiger partial charge in [0, 0.05) is 7.05 Å². The highest BCUT2D eigenvalue weighted by molar-refractivity contribution is 5.92. The van der Waals surface area contributed by atoms with E-state index < -0.39 is 18.9 Å².